The van der Waals surface area contributed by atoms with Crippen molar-refractivity contribution < 1.29 is 0 Å². The quantitative estimate of drug-likeness (QED) is 0.702. The molecule has 0 N–H and O–H groups in total. The number of benzene rings is 1. The third-order valence-corrected chi connectivity index (χ3v) is 3.61. The highest BCUT2D eigenvalue weighted by molar-refractivity contribution is 7.19. The number of aryl methyl sites for hydroxylation is 1. The minimum atomic E-state index is 0.661. The van der Waals surface area contributed by atoms with E-state index in [4.69, 9.17) is 23.2 Å². The number of hydrogen-bond acceptors (Lipinski definition) is 1. The number of halogens is 2. The van der Waals surface area contributed by atoms with Crippen molar-refractivity contribution >= 4 is 34.5 Å². The van der Waals surface area contributed by atoms with Gasteiger partial charge in [-0.25, -0.2) is 0 Å². The van der Waals surface area contributed by atoms with Crippen molar-refractivity contribution in [2.75, 3.05) is 0 Å². The smallest absolute Gasteiger partial charge is 0.0934 e. The molecule has 1 radical (unpaired) electrons. The van der Waals surface area contributed by atoms with Crippen molar-refractivity contribution in [3.05, 3.63) is 45.3 Å². The van der Waals surface area contributed by atoms with Gasteiger partial charge in [0, 0.05) is 16.0 Å². The van der Waals surface area contributed by atoms with Crippen molar-refractivity contribution in [3.8, 4) is 10.4 Å². The minimum absolute atomic E-state index is 0.661. The van der Waals surface area contributed by atoms with Gasteiger partial charge in [0.15, 0.2) is 0 Å². The van der Waals surface area contributed by atoms with E-state index in [1.165, 1.54) is 0 Å². The molecule has 1 aromatic heterocycles. The third-order valence-electron chi connectivity index (χ3n) is 2.13. The highest BCUT2D eigenvalue weighted by Crippen LogP contribution is 2.32. The van der Waals surface area contributed by atoms with E-state index in [1.807, 2.05) is 18.2 Å². The van der Waals surface area contributed by atoms with E-state index >= 15 is 0 Å². The van der Waals surface area contributed by atoms with Gasteiger partial charge in [-0.1, -0.05) is 30.1 Å². The molecule has 0 unspecified atom stereocenters. The summed E-state index contributed by atoms with van der Waals surface area (Å²) in [6, 6.07) is 11.0. The zero-order valence-corrected chi connectivity index (χ0v) is 10.5. The van der Waals surface area contributed by atoms with Crippen molar-refractivity contribution in [2.24, 2.45) is 0 Å². The Hall–Kier alpha value is -0.500. The first kappa shape index (κ1) is 11.0. The van der Waals surface area contributed by atoms with Gasteiger partial charge in [0.2, 0.25) is 0 Å². The van der Waals surface area contributed by atoms with Crippen LogP contribution in [0.15, 0.2) is 24.3 Å². The molecule has 0 bridgehead atoms. The monoisotopic (exact) mass is 255 g/mol. The van der Waals surface area contributed by atoms with Crippen molar-refractivity contribution in [3.63, 3.8) is 0 Å². The predicted octanol–water partition coefficient (Wildman–Crippen LogP) is 5.08. The summed E-state index contributed by atoms with van der Waals surface area (Å²) < 4.78 is 0.798. The van der Waals surface area contributed by atoms with Crippen LogP contribution in [0.25, 0.3) is 10.4 Å². The highest BCUT2D eigenvalue weighted by Gasteiger charge is 2.04. The molecule has 0 atom stereocenters. The van der Waals surface area contributed by atoms with Crippen LogP contribution in [0.1, 0.15) is 12.5 Å². The lowest BCUT2D eigenvalue weighted by Crippen LogP contribution is -1.82. The highest BCUT2D eigenvalue weighted by atomic mass is 35.5. The Morgan fingerprint density at radius 3 is 2.67 bits per heavy atom. The lowest BCUT2D eigenvalue weighted by Gasteiger charge is -2.02. The molecule has 77 valence electrons. The maximum Gasteiger partial charge on any atom is 0.0934 e. The van der Waals surface area contributed by atoms with E-state index in [2.05, 4.69) is 19.1 Å². The second-order valence-electron chi connectivity index (χ2n) is 3.20. The topological polar surface area (TPSA) is 0 Å². The Morgan fingerprint density at radius 2 is 2.07 bits per heavy atom. The van der Waals surface area contributed by atoms with Crippen LogP contribution >= 0.6 is 34.5 Å². The van der Waals surface area contributed by atoms with Crippen LogP contribution in [0.4, 0.5) is 0 Å². The lowest BCUT2D eigenvalue weighted by molar-refractivity contribution is 1.14. The van der Waals surface area contributed by atoms with Gasteiger partial charge in [-0.3, -0.25) is 0 Å². The molecule has 2 aromatic rings. The van der Waals surface area contributed by atoms with E-state index < -0.39 is 0 Å². The molecule has 0 aliphatic rings. The third kappa shape index (κ3) is 2.54. The first-order valence-corrected chi connectivity index (χ1v) is 6.23. The fourth-order valence-corrected chi connectivity index (χ4v) is 2.66. The molecule has 0 aliphatic heterocycles. The zero-order chi connectivity index (χ0) is 10.8. The van der Waals surface area contributed by atoms with E-state index in [0.29, 0.717) is 5.02 Å². The molecular formula is C12H9Cl2S. The van der Waals surface area contributed by atoms with E-state index in [1.54, 1.807) is 11.3 Å². The van der Waals surface area contributed by atoms with Gasteiger partial charge in [-0.15, -0.1) is 11.3 Å². The van der Waals surface area contributed by atoms with E-state index in [0.717, 1.165) is 26.8 Å². The van der Waals surface area contributed by atoms with Crippen LogP contribution in [-0.2, 0) is 6.42 Å². The standard InChI is InChI=1S/C12H9Cl2S/c1-2-8-5-9(7-10(13)6-8)11-3-4-12(14)15-11/h3-5,7H,2H2,1H3. The molecule has 2 rings (SSSR count). The predicted molar refractivity (Wildman–Crippen MR) is 68.0 cm³/mol. The van der Waals surface area contributed by atoms with Gasteiger partial charge in [-0.05, 0) is 41.8 Å². The normalized spacial score (nSPS) is 10.6. The van der Waals surface area contributed by atoms with Gasteiger partial charge in [0.25, 0.3) is 0 Å². The van der Waals surface area contributed by atoms with Crippen LogP contribution < -0.4 is 0 Å². The molecule has 0 nitrogen and oxygen atoms in total. The zero-order valence-electron chi connectivity index (χ0n) is 8.18. The SMILES string of the molecule is CCc1[c]c(Cl)cc(-c2ccc(Cl)s2)c1. The van der Waals surface area contributed by atoms with Gasteiger partial charge >= 0.3 is 0 Å². The van der Waals surface area contributed by atoms with Gasteiger partial charge in [0.1, 0.15) is 0 Å². The van der Waals surface area contributed by atoms with Gasteiger partial charge in [-0.2, -0.15) is 0 Å². The summed E-state index contributed by atoms with van der Waals surface area (Å²) in [6.07, 6.45) is 0.937. The van der Waals surface area contributed by atoms with Crippen LogP contribution in [-0.4, -0.2) is 0 Å². The molecule has 0 saturated heterocycles. The Labute approximate surface area is 103 Å². The number of rotatable bonds is 2. The molecule has 3 heteroatoms. The summed E-state index contributed by atoms with van der Waals surface area (Å²) in [7, 11) is 0. The summed E-state index contributed by atoms with van der Waals surface area (Å²) in [6.45, 7) is 2.09. The first-order valence-electron chi connectivity index (χ1n) is 4.66. The van der Waals surface area contributed by atoms with Crippen molar-refractivity contribution in [1.82, 2.24) is 0 Å². The average Bonchev–Trinajstić information content (AvgIpc) is 2.64. The van der Waals surface area contributed by atoms with Gasteiger partial charge < -0.3 is 0 Å². The number of thiophene rings is 1. The van der Waals surface area contributed by atoms with Crippen LogP contribution in [0.3, 0.4) is 0 Å². The molecule has 0 spiro atoms. The van der Waals surface area contributed by atoms with Crippen molar-refractivity contribution in [2.45, 2.75) is 13.3 Å². The summed E-state index contributed by atoms with van der Waals surface area (Å²) in [5.41, 5.74) is 2.24. The Morgan fingerprint density at radius 1 is 1.27 bits per heavy atom. The number of hydrogen-bond donors (Lipinski definition) is 0. The molecule has 0 aliphatic carbocycles. The maximum atomic E-state index is 6.00. The van der Waals surface area contributed by atoms with Crippen LogP contribution in [0, 0.1) is 6.07 Å². The molecule has 0 amide bonds. The molecule has 15 heavy (non-hydrogen) atoms. The fourth-order valence-electron chi connectivity index (χ4n) is 1.39. The maximum absolute atomic E-state index is 6.00. The second-order valence-corrected chi connectivity index (χ2v) is 5.32. The van der Waals surface area contributed by atoms with Crippen LogP contribution in [0.5, 0.6) is 0 Å². The summed E-state index contributed by atoms with van der Waals surface area (Å²) in [5, 5.41) is 0.661. The molecule has 0 saturated carbocycles. The van der Waals surface area contributed by atoms with E-state index in [-0.39, 0.29) is 0 Å². The minimum Gasteiger partial charge on any atom is -0.123 e. The Kier molecular flexibility index (Phi) is 3.35. The summed E-state index contributed by atoms with van der Waals surface area (Å²) in [5.74, 6) is 0. The first-order chi connectivity index (χ1) is 7.19. The summed E-state index contributed by atoms with van der Waals surface area (Å²) in [4.78, 5) is 1.14. The average molecular weight is 256 g/mol. The molecule has 1 aromatic carbocycles. The van der Waals surface area contributed by atoms with Crippen LogP contribution in [0.2, 0.25) is 9.36 Å². The summed E-state index contributed by atoms with van der Waals surface area (Å²) >= 11 is 13.5. The Balaban J connectivity index is 2.48. The molecule has 1 heterocycles. The Bertz CT molecular complexity index is 474. The lowest BCUT2D eigenvalue weighted by atomic mass is 10.1. The fraction of sp³-hybridized carbons (Fsp3) is 0.167. The van der Waals surface area contributed by atoms with E-state index in [9.17, 15) is 0 Å². The molecular weight excluding hydrogens is 247 g/mol. The van der Waals surface area contributed by atoms with Crippen molar-refractivity contribution in [1.29, 1.82) is 0 Å². The largest absolute Gasteiger partial charge is 0.123 e. The second kappa shape index (κ2) is 4.56. The van der Waals surface area contributed by atoms with Gasteiger partial charge in [0.05, 0.1) is 4.34 Å². The molecule has 0 fully saturated rings.